The molecule has 0 heterocycles. The molecule has 0 radical (unpaired) electrons. The van der Waals surface area contributed by atoms with Crippen molar-refractivity contribution in [2.75, 3.05) is 0 Å². The molecule has 0 saturated heterocycles. The van der Waals surface area contributed by atoms with Gasteiger partial charge in [0.25, 0.3) is 0 Å². The van der Waals surface area contributed by atoms with Gasteiger partial charge in [-0.3, -0.25) is 0 Å². The maximum absolute atomic E-state index is 10.3. The van der Waals surface area contributed by atoms with E-state index >= 15 is 0 Å². The molecule has 0 aliphatic rings. The van der Waals surface area contributed by atoms with Crippen LogP contribution in [-0.2, 0) is 19.3 Å². The number of phenols is 2. The van der Waals surface area contributed by atoms with Gasteiger partial charge in [0, 0.05) is 11.1 Å². The molecule has 2 aromatic carbocycles. The Labute approximate surface area is 120 Å². The molecule has 20 heavy (non-hydrogen) atoms. The minimum absolute atomic E-state index is 0.0108. The summed E-state index contributed by atoms with van der Waals surface area (Å²) >= 11 is 0. The number of aryl methyl sites for hydroxylation is 2. The number of hydrogen-bond donors (Lipinski definition) is 2. The van der Waals surface area contributed by atoms with E-state index < -0.39 is 0 Å². The summed E-state index contributed by atoms with van der Waals surface area (Å²) in [5.41, 5.74) is 4.85. The largest absolute Gasteiger partial charge is 0.504 e. The topological polar surface area (TPSA) is 40.5 Å². The smallest absolute Gasteiger partial charge is 0.165 e. The van der Waals surface area contributed by atoms with Gasteiger partial charge in [0.2, 0.25) is 0 Å². The fourth-order valence-electron chi connectivity index (χ4n) is 2.60. The van der Waals surface area contributed by atoms with Crippen LogP contribution in [0.4, 0.5) is 0 Å². The summed E-state index contributed by atoms with van der Waals surface area (Å²) in [6.07, 6.45) is 2.56. The summed E-state index contributed by atoms with van der Waals surface area (Å²) in [7, 11) is 0. The van der Waals surface area contributed by atoms with Gasteiger partial charge in [-0.2, -0.15) is 0 Å². The first kappa shape index (κ1) is 14.4. The van der Waals surface area contributed by atoms with Crippen LogP contribution in [0.5, 0.6) is 11.5 Å². The normalized spacial score (nSPS) is 10.8. The van der Waals surface area contributed by atoms with E-state index in [1.807, 2.05) is 25.1 Å². The van der Waals surface area contributed by atoms with E-state index in [9.17, 15) is 10.2 Å². The van der Waals surface area contributed by atoms with Crippen LogP contribution in [0.2, 0.25) is 0 Å². The van der Waals surface area contributed by atoms with Crippen molar-refractivity contribution in [1.82, 2.24) is 0 Å². The van der Waals surface area contributed by atoms with Gasteiger partial charge in [-0.1, -0.05) is 45.0 Å². The fourth-order valence-corrected chi connectivity index (χ4v) is 2.60. The molecule has 0 spiro atoms. The molecule has 2 heteroatoms. The molecule has 2 N–H and O–H groups in total. The third-order valence-electron chi connectivity index (χ3n) is 3.88. The van der Waals surface area contributed by atoms with E-state index in [-0.39, 0.29) is 11.5 Å². The van der Waals surface area contributed by atoms with Crippen molar-refractivity contribution in [3.05, 3.63) is 47.0 Å². The zero-order valence-corrected chi connectivity index (χ0v) is 12.4. The average Bonchev–Trinajstić information content (AvgIpc) is 2.50. The predicted molar refractivity (Wildman–Crippen MR) is 83.3 cm³/mol. The highest BCUT2D eigenvalue weighted by atomic mass is 16.3. The van der Waals surface area contributed by atoms with Gasteiger partial charge in [-0.05, 0) is 42.0 Å². The number of aromatic hydroxyl groups is 2. The Bertz CT molecular complexity index is 598. The summed E-state index contributed by atoms with van der Waals surface area (Å²) < 4.78 is 0. The first-order valence-corrected chi connectivity index (χ1v) is 7.28. The van der Waals surface area contributed by atoms with E-state index in [0.29, 0.717) is 5.56 Å². The van der Waals surface area contributed by atoms with Crippen LogP contribution in [-0.4, -0.2) is 10.2 Å². The van der Waals surface area contributed by atoms with Crippen molar-refractivity contribution in [3.63, 3.8) is 0 Å². The molecule has 0 atom stereocenters. The van der Waals surface area contributed by atoms with Crippen molar-refractivity contribution in [1.29, 1.82) is 0 Å². The Morgan fingerprint density at radius 2 is 1.45 bits per heavy atom. The second kappa shape index (κ2) is 6.00. The van der Waals surface area contributed by atoms with Gasteiger partial charge in [-0.25, -0.2) is 0 Å². The summed E-state index contributed by atoms with van der Waals surface area (Å²) in [5.74, 6) is 0.0183. The van der Waals surface area contributed by atoms with E-state index in [2.05, 4.69) is 26.0 Å². The molecule has 2 nitrogen and oxygen atoms in total. The molecule has 0 aromatic heterocycles. The second-order valence-corrected chi connectivity index (χ2v) is 5.02. The molecule has 2 aromatic rings. The van der Waals surface area contributed by atoms with Crippen LogP contribution < -0.4 is 0 Å². The van der Waals surface area contributed by atoms with Crippen LogP contribution in [0.25, 0.3) is 11.1 Å². The Balaban J connectivity index is 2.58. The molecular formula is C18H22O2. The average molecular weight is 270 g/mol. The minimum atomic E-state index is -0.0108. The number of rotatable bonds is 4. The highest BCUT2D eigenvalue weighted by Gasteiger charge is 2.16. The van der Waals surface area contributed by atoms with Crippen molar-refractivity contribution in [2.45, 2.75) is 40.0 Å². The van der Waals surface area contributed by atoms with E-state index in [0.717, 1.165) is 36.0 Å². The van der Waals surface area contributed by atoms with Gasteiger partial charge in [-0.15, -0.1) is 0 Å². The van der Waals surface area contributed by atoms with Crippen LogP contribution >= 0.6 is 0 Å². The molecule has 0 aliphatic carbocycles. The number of hydrogen-bond acceptors (Lipinski definition) is 2. The van der Waals surface area contributed by atoms with Crippen molar-refractivity contribution in [3.8, 4) is 22.6 Å². The molecule has 0 fully saturated rings. The zero-order chi connectivity index (χ0) is 14.7. The van der Waals surface area contributed by atoms with Gasteiger partial charge in [0.1, 0.15) is 0 Å². The van der Waals surface area contributed by atoms with Crippen LogP contribution in [0.15, 0.2) is 30.3 Å². The third kappa shape index (κ3) is 2.51. The van der Waals surface area contributed by atoms with E-state index in [4.69, 9.17) is 0 Å². The Hall–Kier alpha value is -1.96. The maximum Gasteiger partial charge on any atom is 0.165 e. The zero-order valence-electron chi connectivity index (χ0n) is 12.4. The van der Waals surface area contributed by atoms with Crippen molar-refractivity contribution in [2.24, 2.45) is 0 Å². The first-order valence-electron chi connectivity index (χ1n) is 7.28. The molecule has 2 rings (SSSR count). The lowest BCUT2D eigenvalue weighted by Crippen LogP contribution is -1.94. The Kier molecular flexibility index (Phi) is 4.33. The minimum Gasteiger partial charge on any atom is -0.504 e. The summed E-state index contributed by atoms with van der Waals surface area (Å²) in [5, 5.41) is 20.5. The lowest BCUT2D eigenvalue weighted by Gasteiger charge is -2.14. The van der Waals surface area contributed by atoms with Crippen molar-refractivity contribution >= 4 is 0 Å². The van der Waals surface area contributed by atoms with Crippen molar-refractivity contribution < 1.29 is 10.2 Å². The maximum atomic E-state index is 10.3. The number of phenolic OH excluding ortho intramolecular Hbond substituents is 2. The molecular weight excluding hydrogens is 248 g/mol. The SMILES string of the molecule is CCc1ccc(-c2cc(CC)c(CC)c(O)c2O)cc1. The Morgan fingerprint density at radius 3 is 1.95 bits per heavy atom. The van der Waals surface area contributed by atoms with Gasteiger partial charge >= 0.3 is 0 Å². The van der Waals surface area contributed by atoms with E-state index in [1.54, 1.807) is 0 Å². The quantitative estimate of drug-likeness (QED) is 0.806. The second-order valence-electron chi connectivity index (χ2n) is 5.02. The fraction of sp³-hybridized carbons (Fsp3) is 0.333. The molecule has 0 aliphatic heterocycles. The van der Waals surface area contributed by atoms with Gasteiger partial charge in [0.05, 0.1) is 0 Å². The summed E-state index contributed by atoms with van der Waals surface area (Å²) in [6.45, 7) is 6.17. The number of benzene rings is 2. The monoisotopic (exact) mass is 270 g/mol. The highest BCUT2D eigenvalue weighted by molar-refractivity contribution is 5.76. The molecule has 0 bridgehead atoms. The molecule has 0 saturated carbocycles. The standard InChI is InChI=1S/C18H22O2/c1-4-12-7-9-14(10-8-12)16-11-13(5-2)15(6-3)17(19)18(16)20/h7-11,19-20H,4-6H2,1-3H3. The third-order valence-corrected chi connectivity index (χ3v) is 3.88. The molecule has 0 unspecified atom stereocenters. The molecule has 0 amide bonds. The lowest BCUT2D eigenvalue weighted by molar-refractivity contribution is 0.400. The summed E-state index contributed by atoms with van der Waals surface area (Å²) in [4.78, 5) is 0. The van der Waals surface area contributed by atoms with Crippen LogP contribution in [0.3, 0.4) is 0 Å². The van der Waals surface area contributed by atoms with Crippen LogP contribution in [0.1, 0.15) is 37.5 Å². The highest BCUT2D eigenvalue weighted by Crippen LogP contribution is 2.41. The van der Waals surface area contributed by atoms with E-state index in [1.165, 1.54) is 5.56 Å². The first-order chi connectivity index (χ1) is 9.62. The Morgan fingerprint density at radius 1 is 0.800 bits per heavy atom. The lowest BCUT2D eigenvalue weighted by atomic mass is 9.94. The predicted octanol–water partition coefficient (Wildman–Crippen LogP) is 4.45. The summed E-state index contributed by atoms with van der Waals surface area (Å²) in [6, 6.07) is 10.1. The van der Waals surface area contributed by atoms with Gasteiger partial charge < -0.3 is 10.2 Å². The van der Waals surface area contributed by atoms with Gasteiger partial charge in [0.15, 0.2) is 11.5 Å². The molecule has 106 valence electrons. The van der Waals surface area contributed by atoms with Crippen LogP contribution in [0, 0.1) is 0 Å².